The zero-order valence-corrected chi connectivity index (χ0v) is 11.2. The van der Waals surface area contributed by atoms with Crippen molar-refractivity contribution in [2.75, 3.05) is 0 Å². The zero-order valence-electron chi connectivity index (χ0n) is 11.2. The van der Waals surface area contributed by atoms with Crippen molar-refractivity contribution in [2.45, 2.75) is 20.1 Å². The average Bonchev–Trinajstić information content (AvgIpc) is 2.94. The van der Waals surface area contributed by atoms with E-state index in [-0.39, 0.29) is 6.61 Å². The minimum absolute atomic E-state index is 0.116. The Balaban J connectivity index is 2.04. The van der Waals surface area contributed by atoms with Crippen molar-refractivity contribution in [3.8, 4) is 11.5 Å². The van der Waals surface area contributed by atoms with Gasteiger partial charge in [0, 0.05) is 18.0 Å². The van der Waals surface area contributed by atoms with Crippen molar-refractivity contribution in [3.63, 3.8) is 0 Å². The van der Waals surface area contributed by atoms with E-state index < -0.39 is 0 Å². The lowest BCUT2D eigenvalue weighted by Crippen LogP contribution is -1.94. The molecule has 0 radical (unpaired) electrons. The fourth-order valence-corrected chi connectivity index (χ4v) is 2.06. The topological polar surface area (TPSA) is 60.2 Å². The summed E-state index contributed by atoms with van der Waals surface area (Å²) in [6.07, 6.45) is 3.52. The normalized spacial score (nSPS) is 10.9. The van der Waals surface area contributed by atoms with E-state index in [4.69, 9.17) is 4.74 Å². The van der Waals surface area contributed by atoms with Crippen LogP contribution in [-0.4, -0.2) is 19.9 Å². The molecule has 20 heavy (non-hydrogen) atoms. The number of aryl methyl sites for hydroxylation is 1. The van der Waals surface area contributed by atoms with Gasteiger partial charge in [0.2, 0.25) is 0 Å². The van der Waals surface area contributed by atoms with Crippen LogP contribution in [0, 0.1) is 0 Å². The van der Waals surface area contributed by atoms with Crippen LogP contribution >= 0.6 is 0 Å². The molecule has 2 aromatic heterocycles. The summed E-state index contributed by atoms with van der Waals surface area (Å²) < 4.78 is 7.68. The highest BCUT2D eigenvalue weighted by Gasteiger charge is 2.08. The molecule has 0 atom stereocenters. The molecular formula is C15H15N3O2. The van der Waals surface area contributed by atoms with Gasteiger partial charge in [-0.2, -0.15) is 5.10 Å². The molecule has 0 saturated carbocycles. The van der Waals surface area contributed by atoms with Gasteiger partial charge >= 0.3 is 0 Å². The van der Waals surface area contributed by atoms with Crippen LogP contribution in [0.1, 0.15) is 12.6 Å². The first-order valence-corrected chi connectivity index (χ1v) is 6.50. The number of nitrogens with zero attached hydrogens (tertiary/aromatic N) is 3. The summed E-state index contributed by atoms with van der Waals surface area (Å²) in [5.74, 6) is 1.35. The number of rotatable bonds is 4. The molecule has 1 N–H and O–H groups in total. The highest BCUT2D eigenvalue weighted by molar-refractivity contribution is 5.85. The molecule has 5 heteroatoms. The third-order valence-electron chi connectivity index (χ3n) is 3.05. The first-order valence-electron chi connectivity index (χ1n) is 6.50. The number of hydrogen-bond acceptors (Lipinski definition) is 4. The summed E-state index contributed by atoms with van der Waals surface area (Å²) in [5.41, 5.74) is 1.39. The van der Waals surface area contributed by atoms with Gasteiger partial charge in [-0.25, -0.2) is 0 Å². The molecule has 3 rings (SSSR count). The fraction of sp³-hybridized carbons (Fsp3) is 0.200. The fourth-order valence-electron chi connectivity index (χ4n) is 2.06. The van der Waals surface area contributed by atoms with Gasteiger partial charge < -0.3 is 9.84 Å². The van der Waals surface area contributed by atoms with Crippen LogP contribution in [0.15, 0.2) is 42.7 Å². The minimum Gasteiger partial charge on any atom is -0.453 e. The van der Waals surface area contributed by atoms with E-state index in [9.17, 15) is 5.11 Å². The van der Waals surface area contributed by atoms with Crippen LogP contribution in [0.25, 0.3) is 10.9 Å². The number of pyridine rings is 1. The van der Waals surface area contributed by atoms with E-state index >= 15 is 0 Å². The number of fused-ring (bicyclic) bond motifs is 1. The molecule has 5 nitrogen and oxygen atoms in total. The second-order valence-corrected chi connectivity index (χ2v) is 4.42. The lowest BCUT2D eigenvalue weighted by Gasteiger charge is -2.08. The highest BCUT2D eigenvalue weighted by Crippen LogP contribution is 2.29. The number of benzene rings is 1. The van der Waals surface area contributed by atoms with E-state index in [2.05, 4.69) is 10.1 Å². The van der Waals surface area contributed by atoms with Crippen LogP contribution in [0.4, 0.5) is 0 Å². The summed E-state index contributed by atoms with van der Waals surface area (Å²) >= 11 is 0. The number of para-hydroxylation sites is 1. The van der Waals surface area contributed by atoms with E-state index in [1.807, 2.05) is 37.4 Å². The van der Waals surface area contributed by atoms with Gasteiger partial charge in [0.25, 0.3) is 0 Å². The Morgan fingerprint density at radius 3 is 2.90 bits per heavy atom. The molecule has 3 aromatic rings. The molecule has 1 aromatic carbocycles. The Morgan fingerprint density at radius 1 is 1.30 bits per heavy atom. The molecule has 0 aliphatic heterocycles. The molecule has 0 aliphatic carbocycles. The zero-order chi connectivity index (χ0) is 13.9. The second-order valence-electron chi connectivity index (χ2n) is 4.42. The van der Waals surface area contributed by atoms with Gasteiger partial charge in [0.15, 0.2) is 5.75 Å². The van der Waals surface area contributed by atoms with Crippen LogP contribution in [0.3, 0.4) is 0 Å². The third-order valence-corrected chi connectivity index (χ3v) is 3.05. The molecule has 0 fully saturated rings. The quantitative estimate of drug-likeness (QED) is 0.791. The molecule has 0 aliphatic rings. The maximum Gasteiger partial charge on any atom is 0.165 e. The van der Waals surface area contributed by atoms with Crippen LogP contribution < -0.4 is 4.74 Å². The summed E-state index contributed by atoms with van der Waals surface area (Å²) in [5, 5.41) is 14.4. The van der Waals surface area contributed by atoms with Gasteiger partial charge in [0.1, 0.15) is 5.75 Å². The average molecular weight is 269 g/mol. The summed E-state index contributed by atoms with van der Waals surface area (Å²) in [7, 11) is 0. The summed E-state index contributed by atoms with van der Waals surface area (Å²) in [6, 6.07) is 9.45. The Kier molecular flexibility index (Phi) is 3.35. The maximum atomic E-state index is 9.30. The Morgan fingerprint density at radius 2 is 2.15 bits per heavy atom. The Hall–Kier alpha value is -2.40. The first-order chi connectivity index (χ1) is 9.80. The van der Waals surface area contributed by atoms with Crippen molar-refractivity contribution >= 4 is 10.9 Å². The Bertz CT molecular complexity index is 737. The second kappa shape index (κ2) is 5.30. The molecule has 102 valence electrons. The van der Waals surface area contributed by atoms with Crippen molar-refractivity contribution in [1.29, 1.82) is 0 Å². The highest BCUT2D eigenvalue weighted by atomic mass is 16.5. The van der Waals surface area contributed by atoms with E-state index in [1.54, 1.807) is 16.9 Å². The number of ether oxygens (including phenoxy) is 1. The van der Waals surface area contributed by atoms with Crippen molar-refractivity contribution in [3.05, 3.63) is 48.4 Å². The number of aliphatic hydroxyl groups excluding tert-OH is 1. The first kappa shape index (κ1) is 12.6. The number of aromatic nitrogens is 3. The van der Waals surface area contributed by atoms with Crippen molar-refractivity contribution in [1.82, 2.24) is 14.8 Å². The monoisotopic (exact) mass is 269 g/mol. The lowest BCUT2D eigenvalue weighted by molar-refractivity contribution is 0.277. The van der Waals surface area contributed by atoms with E-state index in [0.717, 1.165) is 17.4 Å². The summed E-state index contributed by atoms with van der Waals surface area (Å²) in [4.78, 5) is 4.37. The molecule has 0 saturated heterocycles. The Labute approximate surface area is 116 Å². The van der Waals surface area contributed by atoms with Crippen molar-refractivity contribution in [2.24, 2.45) is 0 Å². The molecule has 0 unspecified atom stereocenters. The van der Waals surface area contributed by atoms with Crippen LogP contribution in [0.2, 0.25) is 0 Å². The number of aliphatic hydroxyl groups is 1. The molecular weight excluding hydrogens is 254 g/mol. The van der Waals surface area contributed by atoms with E-state index in [0.29, 0.717) is 17.2 Å². The van der Waals surface area contributed by atoms with Gasteiger partial charge in [-0.05, 0) is 19.1 Å². The predicted octanol–water partition coefficient (Wildman–Crippen LogP) is 2.74. The van der Waals surface area contributed by atoms with Gasteiger partial charge in [-0.1, -0.05) is 12.1 Å². The smallest absolute Gasteiger partial charge is 0.165 e. The third kappa shape index (κ3) is 2.35. The van der Waals surface area contributed by atoms with Gasteiger partial charge in [-0.15, -0.1) is 0 Å². The SMILES string of the molecule is CCn1cc(Oc2cc(CO)nc3ccccc23)cn1. The lowest BCUT2D eigenvalue weighted by atomic mass is 10.2. The molecule has 0 amide bonds. The molecule has 0 bridgehead atoms. The van der Waals surface area contributed by atoms with Crippen molar-refractivity contribution < 1.29 is 9.84 Å². The van der Waals surface area contributed by atoms with Gasteiger partial charge in [0.05, 0.1) is 30.2 Å². The van der Waals surface area contributed by atoms with E-state index in [1.165, 1.54) is 0 Å². The molecule has 2 heterocycles. The van der Waals surface area contributed by atoms with Gasteiger partial charge in [-0.3, -0.25) is 9.67 Å². The standard InChI is InChI=1S/C15H15N3O2/c1-2-18-9-12(8-16-18)20-15-7-11(10-19)17-14-6-4-3-5-13(14)15/h3-9,19H,2,10H2,1H3. The number of hydrogen-bond donors (Lipinski definition) is 1. The van der Waals surface area contributed by atoms with Crippen LogP contribution in [-0.2, 0) is 13.2 Å². The minimum atomic E-state index is -0.116. The largest absolute Gasteiger partial charge is 0.453 e. The maximum absolute atomic E-state index is 9.30. The summed E-state index contributed by atoms with van der Waals surface area (Å²) in [6.45, 7) is 2.69. The van der Waals surface area contributed by atoms with Crippen LogP contribution in [0.5, 0.6) is 11.5 Å². The predicted molar refractivity (Wildman–Crippen MR) is 75.6 cm³/mol. The molecule has 0 spiro atoms.